The highest BCUT2D eigenvalue weighted by molar-refractivity contribution is 7.91. The summed E-state index contributed by atoms with van der Waals surface area (Å²) in [6.45, 7) is 3.76. The van der Waals surface area contributed by atoms with Gasteiger partial charge in [-0.2, -0.15) is 4.98 Å². The number of aromatic nitrogens is 2. The van der Waals surface area contributed by atoms with E-state index in [9.17, 15) is 13.5 Å². The van der Waals surface area contributed by atoms with Crippen molar-refractivity contribution in [1.82, 2.24) is 10.1 Å². The van der Waals surface area contributed by atoms with Gasteiger partial charge in [-0.15, -0.1) is 0 Å². The molecule has 11 heteroatoms. The van der Waals surface area contributed by atoms with Crippen LogP contribution in [0.1, 0.15) is 25.3 Å². The van der Waals surface area contributed by atoms with Gasteiger partial charge >= 0.3 is 0 Å². The molecule has 0 saturated carbocycles. The molecule has 0 radical (unpaired) electrons. The number of aliphatic hydroxyl groups is 1. The van der Waals surface area contributed by atoms with Gasteiger partial charge in [-0.25, -0.2) is 12.8 Å². The van der Waals surface area contributed by atoms with Crippen molar-refractivity contribution >= 4 is 27.1 Å². The molecule has 0 saturated heterocycles. The number of aliphatic hydroxyl groups excluding tert-OH is 1. The van der Waals surface area contributed by atoms with Crippen LogP contribution in [0.4, 0.5) is 10.1 Å². The lowest BCUT2D eigenvalue weighted by Crippen LogP contribution is -2.39. The molecule has 0 fully saturated rings. The number of benzene rings is 2. The largest absolute Gasteiger partial charge is 0.395 e. The summed E-state index contributed by atoms with van der Waals surface area (Å²) in [5.74, 6) is -0.993. The van der Waals surface area contributed by atoms with Crippen molar-refractivity contribution in [2.24, 2.45) is 5.73 Å². The van der Waals surface area contributed by atoms with E-state index in [1.807, 2.05) is 12.1 Å². The number of hydrogen-bond donors (Lipinski definition) is 2. The summed E-state index contributed by atoms with van der Waals surface area (Å²) in [4.78, 5) is 5.91. The van der Waals surface area contributed by atoms with Gasteiger partial charge in [-0.05, 0) is 43.7 Å². The van der Waals surface area contributed by atoms with Crippen LogP contribution in [0.5, 0.6) is 0 Å². The van der Waals surface area contributed by atoms with E-state index in [-0.39, 0.29) is 41.1 Å². The van der Waals surface area contributed by atoms with Gasteiger partial charge in [-0.3, -0.25) is 0 Å². The summed E-state index contributed by atoms with van der Waals surface area (Å²) in [5, 5.41) is 14.0. The summed E-state index contributed by atoms with van der Waals surface area (Å²) in [6.07, 6.45) is 0. The molecule has 0 amide bonds. The first-order valence-electron chi connectivity index (χ1n) is 10.3. The number of anilines is 1. The highest BCUT2D eigenvalue weighted by atomic mass is 35.5. The normalized spacial score (nSPS) is 18.1. The van der Waals surface area contributed by atoms with E-state index in [0.717, 1.165) is 11.6 Å². The number of sulfone groups is 1. The third-order valence-corrected chi connectivity index (χ3v) is 7.66. The van der Waals surface area contributed by atoms with Crippen molar-refractivity contribution in [1.29, 1.82) is 0 Å². The molecule has 0 aliphatic carbocycles. The van der Waals surface area contributed by atoms with E-state index in [2.05, 4.69) is 10.1 Å². The summed E-state index contributed by atoms with van der Waals surface area (Å²) in [5.41, 5.74) is 6.48. The zero-order valence-corrected chi connectivity index (χ0v) is 19.7. The van der Waals surface area contributed by atoms with Gasteiger partial charge < -0.3 is 20.3 Å². The van der Waals surface area contributed by atoms with E-state index >= 15 is 4.39 Å². The monoisotopic (exact) mass is 494 g/mol. The minimum atomic E-state index is -3.83. The molecule has 176 valence electrons. The quantitative estimate of drug-likeness (QED) is 0.555. The number of hydrogen-bond acceptors (Lipinski definition) is 8. The average Bonchev–Trinajstić information content (AvgIpc) is 3.22. The second-order valence-electron chi connectivity index (χ2n) is 8.81. The van der Waals surface area contributed by atoms with Crippen molar-refractivity contribution in [3.8, 4) is 11.4 Å². The SMILES string of the molecule is CC(C)(CO)c1nc(-c2cc3c(cc2F)S(=O)(=O)C[C@H](N)CN3Cc2ccc(Cl)cc2)no1. The highest BCUT2D eigenvalue weighted by Gasteiger charge is 2.33. The molecule has 3 aromatic rings. The second-order valence-corrected chi connectivity index (χ2v) is 11.3. The van der Waals surface area contributed by atoms with Crippen molar-refractivity contribution in [2.75, 3.05) is 23.8 Å². The zero-order chi connectivity index (χ0) is 24.0. The molecule has 33 heavy (non-hydrogen) atoms. The van der Waals surface area contributed by atoms with Crippen molar-refractivity contribution in [2.45, 2.75) is 36.7 Å². The van der Waals surface area contributed by atoms with Gasteiger partial charge in [0.05, 0.1) is 33.9 Å². The Bertz CT molecular complexity index is 1280. The molecule has 1 atom stereocenters. The fourth-order valence-corrected chi connectivity index (χ4v) is 5.42. The van der Waals surface area contributed by atoms with Crippen LogP contribution < -0.4 is 10.6 Å². The van der Waals surface area contributed by atoms with Crippen LogP contribution >= 0.6 is 11.6 Å². The fraction of sp³-hybridized carbons (Fsp3) is 0.364. The van der Waals surface area contributed by atoms with Crippen LogP contribution in [0.2, 0.25) is 5.02 Å². The molecular formula is C22H24ClFN4O4S. The van der Waals surface area contributed by atoms with Gasteiger partial charge in [0.2, 0.25) is 11.7 Å². The lowest BCUT2D eigenvalue weighted by atomic mass is 9.95. The Labute approximate surface area is 196 Å². The molecule has 8 nitrogen and oxygen atoms in total. The van der Waals surface area contributed by atoms with E-state index in [1.165, 1.54) is 6.07 Å². The molecule has 1 aliphatic rings. The van der Waals surface area contributed by atoms with Crippen LogP contribution in [0, 0.1) is 5.82 Å². The number of rotatable bonds is 5. The number of halogens is 2. The lowest BCUT2D eigenvalue weighted by molar-refractivity contribution is 0.182. The predicted molar refractivity (Wildman–Crippen MR) is 122 cm³/mol. The minimum Gasteiger partial charge on any atom is -0.395 e. The smallest absolute Gasteiger partial charge is 0.234 e. The summed E-state index contributed by atoms with van der Waals surface area (Å²) < 4.78 is 46.3. The Balaban J connectivity index is 1.83. The molecule has 2 heterocycles. The van der Waals surface area contributed by atoms with E-state index in [0.29, 0.717) is 17.3 Å². The van der Waals surface area contributed by atoms with Crippen molar-refractivity contribution in [3.05, 3.63) is 58.7 Å². The fourth-order valence-electron chi connectivity index (χ4n) is 3.65. The Hall–Kier alpha value is -2.53. The van der Waals surface area contributed by atoms with Crippen molar-refractivity contribution < 1.29 is 22.4 Å². The standard InChI is InChI=1S/C22H24ClFN4O4S/c1-22(2,12-29)21-26-20(27-32-21)16-7-18-19(8-17(16)24)33(30,31)11-15(25)10-28(18)9-13-3-5-14(23)6-4-13/h3-8,15,29H,9-12,25H2,1-2H3/t15-/m1/s1. The molecule has 4 rings (SSSR count). The maximum absolute atomic E-state index is 15.1. The third-order valence-electron chi connectivity index (χ3n) is 5.54. The van der Waals surface area contributed by atoms with Crippen LogP contribution in [-0.4, -0.2) is 48.6 Å². The Morgan fingerprint density at radius 3 is 2.67 bits per heavy atom. The maximum atomic E-state index is 15.1. The molecule has 1 aromatic heterocycles. The Morgan fingerprint density at radius 2 is 2.00 bits per heavy atom. The predicted octanol–water partition coefficient (Wildman–Crippen LogP) is 2.92. The first-order valence-corrected chi connectivity index (χ1v) is 12.3. The Morgan fingerprint density at radius 1 is 1.30 bits per heavy atom. The number of fused-ring (bicyclic) bond motifs is 1. The molecule has 2 aromatic carbocycles. The molecule has 3 N–H and O–H groups in total. The maximum Gasteiger partial charge on any atom is 0.234 e. The van der Waals surface area contributed by atoms with Crippen LogP contribution in [-0.2, 0) is 21.8 Å². The van der Waals surface area contributed by atoms with Crippen LogP contribution in [0.25, 0.3) is 11.4 Å². The minimum absolute atomic E-state index is 0.00994. The second kappa shape index (κ2) is 8.68. The molecule has 0 spiro atoms. The van der Waals surface area contributed by atoms with E-state index < -0.39 is 27.1 Å². The summed E-state index contributed by atoms with van der Waals surface area (Å²) >= 11 is 5.98. The summed E-state index contributed by atoms with van der Waals surface area (Å²) in [6, 6.07) is 8.89. The van der Waals surface area contributed by atoms with Gasteiger partial charge in [-0.1, -0.05) is 28.9 Å². The highest BCUT2D eigenvalue weighted by Crippen LogP contribution is 2.36. The zero-order valence-electron chi connectivity index (χ0n) is 18.1. The molecular weight excluding hydrogens is 471 g/mol. The van der Waals surface area contributed by atoms with Gasteiger partial charge in [0.25, 0.3) is 0 Å². The van der Waals surface area contributed by atoms with Crippen LogP contribution in [0.3, 0.4) is 0 Å². The van der Waals surface area contributed by atoms with Gasteiger partial charge in [0, 0.05) is 24.2 Å². The first kappa shape index (κ1) is 23.6. The molecule has 0 unspecified atom stereocenters. The first-order chi connectivity index (χ1) is 15.5. The summed E-state index contributed by atoms with van der Waals surface area (Å²) in [7, 11) is -3.83. The number of nitrogens with zero attached hydrogens (tertiary/aromatic N) is 3. The Kier molecular flexibility index (Phi) is 6.21. The average molecular weight is 495 g/mol. The van der Waals surface area contributed by atoms with Crippen LogP contribution in [0.15, 0.2) is 45.8 Å². The van der Waals surface area contributed by atoms with E-state index in [1.54, 1.807) is 30.9 Å². The van der Waals surface area contributed by atoms with Gasteiger partial charge in [0.1, 0.15) is 5.82 Å². The lowest BCUT2D eigenvalue weighted by Gasteiger charge is -2.26. The van der Waals surface area contributed by atoms with E-state index in [4.69, 9.17) is 21.9 Å². The third kappa shape index (κ3) is 4.74. The van der Waals surface area contributed by atoms with Crippen molar-refractivity contribution in [3.63, 3.8) is 0 Å². The molecule has 1 aliphatic heterocycles. The topological polar surface area (TPSA) is 123 Å². The van der Waals surface area contributed by atoms with Gasteiger partial charge in [0.15, 0.2) is 9.84 Å². The molecule has 0 bridgehead atoms. The number of nitrogens with two attached hydrogens (primary N) is 1.